The van der Waals surface area contributed by atoms with Gasteiger partial charge in [0.15, 0.2) is 0 Å². The van der Waals surface area contributed by atoms with Gasteiger partial charge in [-0.2, -0.15) is 0 Å². The molecule has 2 amide bonds. The number of hydrogen-bond donors (Lipinski definition) is 1. The molecule has 14 heteroatoms. The summed E-state index contributed by atoms with van der Waals surface area (Å²) in [6.45, 7) is 12.2. The lowest BCUT2D eigenvalue weighted by atomic mass is 10.1. The number of amides is 2. The van der Waals surface area contributed by atoms with Crippen molar-refractivity contribution in [3.63, 3.8) is 0 Å². The van der Waals surface area contributed by atoms with E-state index in [1.54, 1.807) is 31.4 Å². The smallest absolute Gasteiger partial charge is 0.380 e. The van der Waals surface area contributed by atoms with Gasteiger partial charge in [0.2, 0.25) is 11.8 Å². The van der Waals surface area contributed by atoms with Crippen molar-refractivity contribution in [3.8, 4) is 0 Å². The lowest BCUT2D eigenvalue weighted by molar-refractivity contribution is -0.133. The van der Waals surface area contributed by atoms with Crippen LogP contribution in [0, 0.1) is 5.92 Å². The van der Waals surface area contributed by atoms with Crippen LogP contribution < -0.4 is 0 Å². The highest BCUT2D eigenvalue weighted by Crippen LogP contribution is 2.47. The Morgan fingerprint density at radius 2 is 1.59 bits per heavy atom. The zero-order valence-electron chi connectivity index (χ0n) is 25.3. The van der Waals surface area contributed by atoms with Crippen molar-refractivity contribution in [1.82, 2.24) is 9.80 Å². The van der Waals surface area contributed by atoms with Gasteiger partial charge in [0.1, 0.15) is 5.78 Å². The summed E-state index contributed by atoms with van der Waals surface area (Å²) in [6, 6.07) is -0.645. The van der Waals surface area contributed by atoms with Crippen molar-refractivity contribution >= 4 is 47.0 Å². The molecule has 41 heavy (non-hydrogen) atoms. The normalized spacial score (nSPS) is 24.4. The Balaban J connectivity index is 1.82. The molecule has 2 heterocycles. The van der Waals surface area contributed by atoms with E-state index >= 15 is 0 Å². The van der Waals surface area contributed by atoms with Gasteiger partial charge >= 0.3 is 7.82 Å². The Labute approximate surface area is 253 Å². The standard InChI is InChI=1S/C27H49N2O9PS2/c1-7-35-17-22-14-25(16-29(22)27(32)9-8-11-40-41-12-10-26(31)19(2)3)38-39(33,34)36-18-23-13-24(37-20(4)5)15-28(23)21(6)30/h19-20,22-25H,7-18H2,1-6H3,(H,33,34)/t22-,23-,24+,25+/m0/s1. The van der Waals surface area contributed by atoms with E-state index in [9.17, 15) is 23.8 Å². The fourth-order valence-corrected chi connectivity index (χ4v) is 7.99. The maximum absolute atomic E-state index is 13.0. The van der Waals surface area contributed by atoms with E-state index in [4.69, 9.17) is 18.5 Å². The zero-order valence-corrected chi connectivity index (χ0v) is 27.8. The molecule has 11 nitrogen and oxygen atoms in total. The molecule has 5 atom stereocenters. The number of rotatable bonds is 19. The first kappa shape index (κ1) is 36.5. The lowest BCUT2D eigenvalue weighted by Gasteiger charge is -2.25. The largest absolute Gasteiger partial charge is 0.472 e. The number of likely N-dealkylation sites (tertiary alicyclic amines) is 2. The van der Waals surface area contributed by atoms with E-state index in [1.807, 2.05) is 34.6 Å². The molecule has 0 aromatic heterocycles. The summed E-state index contributed by atoms with van der Waals surface area (Å²) >= 11 is 0. The predicted octanol–water partition coefficient (Wildman–Crippen LogP) is 4.32. The number of nitrogens with zero attached hydrogens (tertiary/aromatic N) is 2. The van der Waals surface area contributed by atoms with Crippen LogP contribution in [0.5, 0.6) is 0 Å². The third-order valence-corrected chi connectivity index (χ3v) is 10.5. The molecule has 2 fully saturated rings. The highest BCUT2D eigenvalue weighted by atomic mass is 33.1. The average molecular weight is 641 g/mol. The quantitative estimate of drug-likeness (QED) is 0.123. The Morgan fingerprint density at radius 3 is 2.22 bits per heavy atom. The summed E-state index contributed by atoms with van der Waals surface area (Å²) in [6.07, 6.45) is 1.64. The molecule has 0 saturated carbocycles. The molecule has 0 bridgehead atoms. The molecule has 1 unspecified atom stereocenters. The van der Waals surface area contributed by atoms with Gasteiger partial charge in [-0.3, -0.25) is 23.4 Å². The van der Waals surface area contributed by atoms with Crippen molar-refractivity contribution in [2.24, 2.45) is 5.92 Å². The number of hydrogen-bond acceptors (Lipinski definition) is 10. The third-order valence-electron chi connectivity index (χ3n) is 6.95. The van der Waals surface area contributed by atoms with Crippen LogP contribution in [0.15, 0.2) is 0 Å². The Kier molecular flexibility index (Phi) is 16.2. The summed E-state index contributed by atoms with van der Waals surface area (Å²) in [7, 11) is -1.14. The maximum Gasteiger partial charge on any atom is 0.472 e. The van der Waals surface area contributed by atoms with Crippen molar-refractivity contribution in [3.05, 3.63) is 0 Å². The fourth-order valence-electron chi connectivity index (χ4n) is 4.94. The van der Waals surface area contributed by atoms with E-state index in [0.717, 1.165) is 11.5 Å². The van der Waals surface area contributed by atoms with Crippen LogP contribution in [-0.2, 0) is 37.5 Å². The van der Waals surface area contributed by atoms with E-state index in [2.05, 4.69) is 0 Å². The molecular weight excluding hydrogens is 591 g/mol. The first-order valence-electron chi connectivity index (χ1n) is 14.6. The third kappa shape index (κ3) is 13.3. The van der Waals surface area contributed by atoms with Gasteiger partial charge in [0, 0.05) is 56.9 Å². The second-order valence-corrected chi connectivity index (χ2v) is 15.2. The molecular formula is C27H49N2O9PS2. The summed E-state index contributed by atoms with van der Waals surface area (Å²) in [5, 5.41) is 0. The monoisotopic (exact) mass is 640 g/mol. The number of ether oxygens (including phenoxy) is 2. The van der Waals surface area contributed by atoms with Gasteiger partial charge in [0.25, 0.3) is 0 Å². The minimum absolute atomic E-state index is 0.00237. The van der Waals surface area contributed by atoms with Crippen LogP contribution in [0.2, 0.25) is 0 Å². The molecule has 2 aliphatic rings. The lowest BCUT2D eigenvalue weighted by Crippen LogP contribution is -2.38. The molecule has 0 aromatic rings. The Hall–Kier alpha value is -0.660. The topological polar surface area (TPSA) is 132 Å². The SMILES string of the molecule is CCOC[C@@H]1C[C@@H](OP(=O)(O)OC[C@@H]2C[C@@H](OC(C)C)CN2C(C)=O)CN1C(=O)CCCSSCCC(=O)C(C)C. The zero-order chi connectivity index (χ0) is 30.6. The van der Waals surface area contributed by atoms with Crippen LogP contribution >= 0.6 is 29.4 Å². The minimum Gasteiger partial charge on any atom is -0.380 e. The molecule has 0 aliphatic carbocycles. The highest BCUT2D eigenvalue weighted by molar-refractivity contribution is 8.76. The van der Waals surface area contributed by atoms with Crippen molar-refractivity contribution in [2.45, 2.75) is 104 Å². The number of phosphoric acid groups is 1. The molecule has 0 radical (unpaired) electrons. The summed E-state index contributed by atoms with van der Waals surface area (Å²) in [5.74, 6) is 1.68. The molecule has 2 saturated heterocycles. The number of carbonyl (C=O) groups is 3. The molecule has 2 rings (SSSR count). The molecule has 0 aromatic carbocycles. The van der Waals surface area contributed by atoms with E-state index in [0.29, 0.717) is 51.9 Å². The Bertz CT molecular complexity index is 895. The molecule has 0 spiro atoms. The van der Waals surface area contributed by atoms with Crippen LogP contribution in [0.25, 0.3) is 0 Å². The minimum atomic E-state index is -4.45. The van der Waals surface area contributed by atoms with E-state index in [1.165, 1.54) is 6.92 Å². The van der Waals surface area contributed by atoms with Crippen LogP contribution in [0.1, 0.15) is 73.6 Å². The van der Waals surface area contributed by atoms with E-state index < -0.39 is 13.9 Å². The van der Waals surface area contributed by atoms with Crippen molar-refractivity contribution < 1.29 is 42.4 Å². The molecule has 2 aliphatic heterocycles. The van der Waals surface area contributed by atoms with Crippen molar-refractivity contribution in [2.75, 3.05) is 44.4 Å². The summed E-state index contributed by atoms with van der Waals surface area (Å²) in [4.78, 5) is 50.6. The Morgan fingerprint density at radius 1 is 0.951 bits per heavy atom. The van der Waals surface area contributed by atoms with Crippen LogP contribution in [-0.4, -0.2) is 107 Å². The van der Waals surface area contributed by atoms with Gasteiger partial charge in [-0.1, -0.05) is 35.4 Å². The molecule has 1 N–H and O–H groups in total. The summed E-state index contributed by atoms with van der Waals surface area (Å²) in [5.41, 5.74) is 0. The second kappa shape index (κ2) is 18.2. The first-order chi connectivity index (χ1) is 19.3. The van der Waals surface area contributed by atoms with Gasteiger partial charge in [-0.15, -0.1) is 0 Å². The summed E-state index contributed by atoms with van der Waals surface area (Å²) < 4.78 is 35.1. The number of phosphoric ester groups is 1. The first-order valence-corrected chi connectivity index (χ1v) is 18.5. The average Bonchev–Trinajstić information content (AvgIpc) is 3.48. The second-order valence-electron chi connectivity index (χ2n) is 11.1. The number of ketones is 1. The van der Waals surface area contributed by atoms with Crippen molar-refractivity contribution in [1.29, 1.82) is 0 Å². The van der Waals surface area contributed by atoms with E-state index in [-0.39, 0.29) is 61.0 Å². The van der Waals surface area contributed by atoms with Gasteiger partial charge < -0.3 is 24.2 Å². The van der Waals surface area contributed by atoms with Crippen LogP contribution in [0.3, 0.4) is 0 Å². The fraction of sp³-hybridized carbons (Fsp3) is 0.889. The maximum atomic E-state index is 13.0. The van der Waals surface area contributed by atoms with Gasteiger partial charge in [0.05, 0.1) is 43.6 Å². The highest BCUT2D eigenvalue weighted by Gasteiger charge is 2.41. The molecule has 238 valence electrons. The van der Waals surface area contributed by atoms with Gasteiger partial charge in [-0.25, -0.2) is 4.57 Å². The van der Waals surface area contributed by atoms with Gasteiger partial charge in [-0.05, 0) is 40.0 Å². The van der Waals surface area contributed by atoms with Crippen LogP contribution in [0.4, 0.5) is 0 Å². The predicted molar refractivity (Wildman–Crippen MR) is 162 cm³/mol. The number of carbonyl (C=O) groups excluding carboxylic acids is 3. The number of Topliss-reactive ketones (excluding diaryl/α,β-unsaturated/α-hetero) is 1.